The number of fused-ring (bicyclic) bond motifs is 1. The summed E-state index contributed by atoms with van der Waals surface area (Å²) in [7, 11) is 0. The zero-order valence-corrected chi connectivity index (χ0v) is 29.9. The predicted octanol–water partition coefficient (Wildman–Crippen LogP) is 9.70. The van der Waals surface area contributed by atoms with Crippen molar-refractivity contribution in [3.8, 4) is 5.75 Å². The minimum absolute atomic E-state index is 0.0296. The Kier molecular flexibility index (Phi) is 14.7. The van der Waals surface area contributed by atoms with Gasteiger partial charge in [0.2, 0.25) is 0 Å². The number of carbonyl (C=O) groups excluding carboxylic acids is 3. The molecule has 0 aliphatic heterocycles. The number of nitrogens with one attached hydrogen (secondary N) is 3. The van der Waals surface area contributed by atoms with Crippen LogP contribution in [0, 0.1) is 0 Å². The van der Waals surface area contributed by atoms with Crippen molar-refractivity contribution in [1.82, 2.24) is 15.2 Å². The maximum atomic E-state index is 12.8. The first-order valence-electron chi connectivity index (χ1n) is 16.4. The number of nitrogens with zero attached hydrogens (tertiary/aromatic N) is 4. The van der Waals surface area contributed by atoms with Gasteiger partial charge in [-0.1, -0.05) is 83.4 Å². The Balaban J connectivity index is 0.000000182. The van der Waals surface area contributed by atoms with E-state index in [-0.39, 0.29) is 23.9 Å². The number of urea groups is 3. The molecule has 51 heavy (non-hydrogen) atoms. The van der Waals surface area contributed by atoms with Crippen molar-refractivity contribution in [2.24, 2.45) is 16.0 Å². The number of thiazole rings is 1. The fourth-order valence-corrected chi connectivity index (χ4v) is 6.02. The lowest BCUT2D eigenvalue weighted by atomic mass is 10.1. The van der Waals surface area contributed by atoms with Gasteiger partial charge in [-0.3, -0.25) is 5.32 Å². The van der Waals surface area contributed by atoms with Gasteiger partial charge >= 0.3 is 18.1 Å². The summed E-state index contributed by atoms with van der Waals surface area (Å²) in [5.41, 5.74) is 8.03. The second-order valence-corrected chi connectivity index (χ2v) is 13.3. The lowest BCUT2D eigenvalue weighted by Crippen LogP contribution is -2.41. The van der Waals surface area contributed by atoms with E-state index in [4.69, 9.17) is 22.4 Å². The van der Waals surface area contributed by atoms with Crippen molar-refractivity contribution in [2.45, 2.75) is 58.2 Å². The first kappa shape index (κ1) is 38.3. The standard InChI is InChI=1S/C19H21ClN2O.C11H13N3OS.C7H7N3O2/c20-16-12-10-15(11-13-16)14-22(18-8-4-5-9-18)19(23)21-17-6-2-1-3-7-17;1-7(2)12-10(15)14-11-13-8-5-3-4-6-9(8)16-11;8-7(12)10-9-5-1-3-6(11)4-2-5/h1-3,6-7,10-13,18H,4-5,8-9,14H2,(H,21,23);3-7H,1-2H3,(H2,12,13,14,15);1-4,11H,(H2,8,12). The molecule has 4 aromatic carbocycles. The maximum absolute atomic E-state index is 12.8. The molecule has 12 nitrogen and oxygen atoms in total. The Labute approximate surface area is 305 Å². The highest BCUT2D eigenvalue weighted by Gasteiger charge is 2.27. The van der Waals surface area contributed by atoms with Gasteiger partial charge in [0.25, 0.3) is 0 Å². The quantitative estimate of drug-likeness (QED) is 0.105. The predicted molar refractivity (Wildman–Crippen MR) is 204 cm³/mol. The number of anilines is 2. The van der Waals surface area contributed by atoms with E-state index in [2.05, 4.69) is 31.2 Å². The van der Waals surface area contributed by atoms with Gasteiger partial charge < -0.3 is 26.4 Å². The van der Waals surface area contributed by atoms with E-state index in [1.54, 1.807) is 0 Å². The Hall–Kier alpha value is -5.53. The first-order valence-corrected chi connectivity index (χ1v) is 17.6. The van der Waals surface area contributed by atoms with Crippen LogP contribution < -0.4 is 21.7 Å². The molecule has 6 N–H and O–H groups in total. The summed E-state index contributed by atoms with van der Waals surface area (Å²) in [5, 5.41) is 25.3. The first-order chi connectivity index (χ1) is 24.5. The highest BCUT2D eigenvalue weighted by molar-refractivity contribution is 7.22. The summed E-state index contributed by atoms with van der Waals surface area (Å²) < 4.78 is 1.07. The van der Waals surface area contributed by atoms with Crippen LogP contribution in [0.3, 0.4) is 0 Å². The number of hydrogen-bond acceptors (Lipinski definition) is 7. The van der Waals surface area contributed by atoms with E-state index in [0.29, 0.717) is 23.4 Å². The number of para-hydroxylation sites is 2. The third kappa shape index (κ3) is 13.4. The number of nitrogens with two attached hydrogens (primary N) is 1. The number of primary amides is 1. The summed E-state index contributed by atoms with van der Waals surface area (Å²) >= 11 is 7.42. The second kappa shape index (κ2) is 19.6. The van der Waals surface area contributed by atoms with Crippen LogP contribution in [0.2, 0.25) is 5.02 Å². The van der Waals surface area contributed by atoms with E-state index in [1.165, 1.54) is 48.4 Å². The van der Waals surface area contributed by atoms with Crippen LogP contribution >= 0.6 is 22.9 Å². The highest BCUT2D eigenvalue weighted by atomic mass is 35.5. The van der Waals surface area contributed by atoms with Crippen LogP contribution in [0.1, 0.15) is 45.1 Å². The number of aromatic nitrogens is 1. The minimum atomic E-state index is -0.844. The minimum Gasteiger partial charge on any atom is -0.508 e. The van der Waals surface area contributed by atoms with E-state index < -0.39 is 6.03 Å². The summed E-state index contributed by atoms with van der Waals surface area (Å²) in [6.07, 6.45) is 4.55. The molecule has 0 unspecified atom stereocenters. The van der Waals surface area contributed by atoms with Gasteiger partial charge in [-0.25, -0.2) is 19.4 Å². The number of phenols is 1. The second-order valence-electron chi connectivity index (χ2n) is 11.8. The average molecular weight is 729 g/mol. The van der Waals surface area contributed by atoms with Crippen LogP contribution in [0.15, 0.2) is 113 Å². The number of halogens is 1. The summed E-state index contributed by atoms with van der Waals surface area (Å²) in [5.74, 6) is 0.132. The van der Waals surface area contributed by atoms with Gasteiger partial charge in [-0.05, 0) is 92.9 Å². The van der Waals surface area contributed by atoms with E-state index in [9.17, 15) is 14.4 Å². The Morgan fingerprint density at radius 3 is 2.20 bits per heavy atom. The van der Waals surface area contributed by atoms with E-state index in [1.807, 2.05) is 97.6 Å². The highest BCUT2D eigenvalue weighted by Crippen LogP contribution is 2.27. The third-order valence-electron chi connectivity index (χ3n) is 7.37. The SMILES string of the molecule is CC(C)NC(=O)Nc1nc2ccccc2s1.NC(=O)N=Nc1ccc(O)cc1.O=C(Nc1ccccc1)N(Cc1ccc(Cl)cc1)C1CCCC1. The molecule has 1 fully saturated rings. The number of benzene rings is 4. The molecule has 6 amide bonds. The lowest BCUT2D eigenvalue weighted by molar-refractivity contribution is 0.184. The van der Waals surface area contributed by atoms with E-state index in [0.717, 1.165) is 39.3 Å². The van der Waals surface area contributed by atoms with Crippen LogP contribution in [-0.4, -0.2) is 45.2 Å². The molecule has 1 aliphatic carbocycles. The Morgan fingerprint density at radius 2 is 1.57 bits per heavy atom. The molecule has 5 aromatic rings. The molecular weight excluding hydrogens is 688 g/mol. The molecule has 266 valence electrons. The molecule has 1 saturated carbocycles. The molecule has 1 aromatic heterocycles. The number of aromatic hydroxyl groups is 1. The lowest BCUT2D eigenvalue weighted by Gasteiger charge is -2.29. The zero-order valence-electron chi connectivity index (χ0n) is 28.3. The van der Waals surface area contributed by atoms with Gasteiger partial charge in [0.15, 0.2) is 5.13 Å². The Bertz CT molecular complexity index is 1850. The number of azo groups is 1. The normalized spacial score (nSPS) is 12.4. The van der Waals surface area contributed by atoms with Crippen LogP contribution in [0.5, 0.6) is 5.75 Å². The molecule has 1 heterocycles. The number of amides is 6. The van der Waals surface area contributed by atoms with Crippen molar-refractivity contribution in [3.05, 3.63) is 114 Å². The summed E-state index contributed by atoms with van der Waals surface area (Å²) in [6, 6.07) is 30.4. The van der Waals surface area contributed by atoms with Crippen molar-refractivity contribution in [3.63, 3.8) is 0 Å². The zero-order chi connectivity index (χ0) is 36.6. The topological polar surface area (TPSA) is 174 Å². The molecule has 6 rings (SSSR count). The fourth-order valence-electron chi connectivity index (χ4n) is 5.03. The van der Waals surface area contributed by atoms with Gasteiger partial charge in [0, 0.05) is 29.3 Å². The molecular formula is C37H41ClN8O4S. The van der Waals surface area contributed by atoms with Gasteiger partial charge in [0.05, 0.1) is 15.9 Å². The van der Waals surface area contributed by atoms with Gasteiger partial charge in [0.1, 0.15) is 5.75 Å². The average Bonchev–Trinajstić information content (AvgIpc) is 3.79. The van der Waals surface area contributed by atoms with Crippen molar-refractivity contribution < 1.29 is 19.5 Å². The van der Waals surface area contributed by atoms with Gasteiger partial charge in [-0.2, -0.15) is 0 Å². The smallest absolute Gasteiger partial charge is 0.356 e. The van der Waals surface area contributed by atoms with Crippen molar-refractivity contribution >= 4 is 67.8 Å². The summed E-state index contributed by atoms with van der Waals surface area (Å²) in [4.78, 5) is 40.6. The van der Waals surface area contributed by atoms with E-state index >= 15 is 0 Å². The summed E-state index contributed by atoms with van der Waals surface area (Å²) in [6.45, 7) is 4.44. The number of phenolic OH excluding ortho intramolecular Hbond substituents is 1. The molecule has 1 aliphatic rings. The van der Waals surface area contributed by atoms with Gasteiger partial charge in [-0.15, -0.1) is 5.11 Å². The van der Waals surface area contributed by atoms with Crippen LogP contribution in [0.25, 0.3) is 10.2 Å². The number of carbonyl (C=O) groups is 3. The van der Waals surface area contributed by atoms with Crippen LogP contribution in [0.4, 0.5) is 30.9 Å². The van der Waals surface area contributed by atoms with Crippen LogP contribution in [-0.2, 0) is 6.54 Å². The molecule has 0 atom stereocenters. The molecule has 0 radical (unpaired) electrons. The molecule has 14 heteroatoms. The van der Waals surface area contributed by atoms with Crippen molar-refractivity contribution in [1.29, 1.82) is 0 Å². The third-order valence-corrected chi connectivity index (χ3v) is 8.57. The largest absolute Gasteiger partial charge is 0.508 e. The van der Waals surface area contributed by atoms with Crippen molar-refractivity contribution in [2.75, 3.05) is 10.6 Å². The number of rotatable bonds is 7. The molecule has 0 saturated heterocycles. The molecule has 0 bridgehead atoms. The Morgan fingerprint density at radius 1 is 0.922 bits per heavy atom. The molecule has 0 spiro atoms. The number of hydrogen-bond donors (Lipinski definition) is 5. The monoisotopic (exact) mass is 728 g/mol. The fraction of sp³-hybridized carbons (Fsp3) is 0.243. The maximum Gasteiger partial charge on any atom is 0.356 e.